The van der Waals surface area contributed by atoms with E-state index in [0.29, 0.717) is 0 Å². The van der Waals surface area contributed by atoms with Crippen LogP contribution in [0.5, 0.6) is 0 Å². The van der Waals surface area contributed by atoms with E-state index in [-0.39, 0.29) is 16.3 Å². The lowest BCUT2D eigenvalue weighted by atomic mass is 10.3. The maximum atomic E-state index is 11.8. The molecule has 0 spiro atoms. The van der Waals surface area contributed by atoms with Gasteiger partial charge in [0.1, 0.15) is 4.90 Å². The topological polar surface area (TPSA) is 70.0 Å². The molecule has 4 nitrogen and oxygen atoms in total. The fourth-order valence-corrected chi connectivity index (χ4v) is 2.93. The Balaban J connectivity index is 2.96. The molecule has 16 heavy (non-hydrogen) atoms. The highest BCUT2D eigenvalue weighted by Gasteiger charge is 2.19. The van der Waals surface area contributed by atoms with Crippen molar-refractivity contribution in [2.45, 2.75) is 24.3 Å². The van der Waals surface area contributed by atoms with Gasteiger partial charge in [-0.05, 0) is 19.1 Å². The number of nitrogens with one attached hydrogen (secondary N) is 1. The first-order valence-electron chi connectivity index (χ1n) is 4.61. The van der Waals surface area contributed by atoms with Gasteiger partial charge in [0.15, 0.2) is 0 Å². The van der Waals surface area contributed by atoms with Crippen molar-refractivity contribution in [1.82, 2.24) is 4.72 Å². The summed E-state index contributed by atoms with van der Waals surface area (Å²) < 4.78 is 26.0. The molecule has 1 aromatic rings. The Bertz CT molecular complexity index is 508. The molecule has 0 radical (unpaired) electrons. The Morgan fingerprint density at radius 3 is 2.69 bits per heavy atom. The molecule has 1 aromatic carbocycles. The molecule has 1 rings (SSSR count). The molecule has 1 N–H and O–H groups in total. The Labute approximate surface area is 99.9 Å². The van der Waals surface area contributed by atoms with Crippen LogP contribution in [0.25, 0.3) is 0 Å². The lowest BCUT2D eigenvalue weighted by Crippen LogP contribution is -2.32. The highest BCUT2D eigenvalue weighted by molar-refractivity contribution is 7.89. The van der Waals surface area contributed by atoms with E-state index in [2.05, 4.69) is 4.72 Å². The molecule has 6 heteroatoms. The number of nitrogens with zero attached hydrogens (tertiary/aromatic N) is 1. The van der Waals surface area contributed by atoms with Crippen molar-refractivity contribution < 1.29 is 8.42 Å². The Hall–Kier alpha value is -1.09. The van der Waals surface area contributed by atoms with Crippen LogP contribution in [0.1, 0.15) is 13.3 Å². The van der Waals surface area contributed by atoms with Gasteiger partial charge in [-0.15, -0.1) is 0 Å². The van der Waals surface area contributed by atoms with Crippen LogP contribution in [0.2, 0.25) is 5.02 Å². The summed E-state index contributed by atoms with van der Waals surface area (Å²) in [5.41, 5.74) is 0. The van der Waals surface area contributed by atoms with Gasteiger partial charge in [-0.3, -0.25) is 0 Å². The third kappa shape index (κ3) is 3.20. The van der Waals surface area contributed by atoms with Crippen LogP contribution in [0.3, 0.4) is 0 Å². The van der Waals surface area contributed by atoms with Crippen molar-refractivity contribution in [3.8, 4) is 6.07 Å². The summed E-state index contributed by atoms with van der Waals surface area (Å²) in [5, 5.41) is 8.61. The molecule has 0 aliphatic heterocycles. The predicted octanol–water partition coefficient (Wildman–Crippen LogP) is 1.92. The van der Waals surface area contributed by atoms with Crippen molar-refractivity contribution in [1.29, 1.82) is 5.26 Å². The quantitative estimate of drug-likeness (QED) is 0.897. The van der Waals surface area contributed by atoms with Gasteiger partial charge in [0.2, 0.25) is 10.0 Å². The van der Waals surface area contributed by atoms with Crippen LogP contribution in [0.15, 0.2) is 29.2 Å². The zero-order chi connectivity index (χ0) is 12.2. The molecule has 0 aromatic heterocycles. The molecule has 1 atom stereocenters. The summed E-state index contributed by atoms with van der Waals surface area (Å²) in [6.45, 7) is 1.62. The fraction of sp³-hybridized carbons (Fsp3) is 0.300. The maximum absolute atomic E-state index is 11.8. The molecule has 1 unspecified atom stereocenters. The summed E-state index contributed by atoms with van der Waals surface area (Å²) >= 11 is 5.79. The number of hydrogen-bond donors (Lipinski definition) is 1. The average Bonchev–Trinajstić information content (AvgIpc) is 2.17. The molecule has 86 valence electrons. The molecule has 0 bridgehead atoms. The second kappa shape index (κ2) is 5.30. The van der Waals surface area contributed by atoms with Crippen molar-refractivity contribution >= 4 is 21.6 Å². The van der Waals surface area contributed by atoms with Crippen LogP contribution in [-0.4, -0.2) is 14.5 Å². The van der Waals surface area contributed by atoms with E-state index in [1.54, 1.807) is 19.1 Å². The third-order valence-electron chi connectivity index (χ3n) is 1.88. The van der Waals surface area contributed by atoms with Crippen molar-refractivity contribution in [2.75, 3.05) is 0 Å². The summed E-state index contributed by atoms with van der Waals surface area (Å²) in [7, 11) is -3.65. The van der Waals surface area contributed by atoms with Crippen molar-refractivity contribution in [3.63, 3.8) is 0 Å². The molecule has 0 heterocycles. The predicted molar refractivity (Wildman–Crippen MR) is 61.5 cm³/mol. The molecule has 0 aliphatic carbocycles. The van der Waals surface area contributed by atoms with Crippen LogP contribution < -0.4 is 4.72 Å². The highest BCUT2D eigenvalue weighted by atomic mass is 35.5. The number of benzene rings is 1. The summed E-state index contributed by atoms with van der Waals surface area (Å²) in [4.78, 5) is 0.0291. The number of hydrogen-bond acceptors (Lipinski definition) is 3. The number of sulfonamides is 1. The molecule has 0 amide bonds. The van der Waals surface area contributed by atoms with Gasteiger partial charge in [-0.1, -0.05) is 23.7 Å². The third-order valence-corrected chi connectivity index (χ3v) is 3.97. The van der Waals surface area contributed by atoms with E-state index < -0.39 is 16.1 Å². The Morgan fingerprint density at radius 1 is 1.50 bits per heavy atom. The van der Waals surface area contributed by atoms with E-state index >= 15 is 0 Å². The second-order valence-corrected chi connectivity index (χ2v) is 5.40. The summed E-state index contributed by atoms with van der Waals surface area (Å²) in [5.74, 6) is 0. The van der Waals surface area contributed by atoms with E-state index in [1.165, 1.54) is 12.1 Å². The Morgan fingerprint density at radius 2 is 2.12 bits per heavy atom. The molecule has 0 aliphatic rings. The minimum absolute atomic E-state index is 0.0291. The van der Waals surface area contributed by atoms with Crippen molar-refractivity contribution in [2.24, 2.45) is 0 Å². The standard InChI is InChI=1S/C10H11ClN2O2S/c1-8(6-7-12)13-16(14,15)10-5-3-2-4-9(10)11/h2-5,8,13H,6H2,1H3. The first-order valence-corrected chi connectivity index (χ1v) is 6.47. The zero-order valence-electron chi connectivity index (χ0n) is 8.64. The lowest BCUT2D eigenvalue weighted by Gasteiger charge is -2.11. The zero-order valence-corrected chi connectivity index (χ0v) is 10.2. The molecule has 0 saturated carbocycles. The van der Waals surface area contributed by atoms with Gasteiger partial charge in [-0.2, -0.15) is 5.26 Å². The molecule has 0 fully saturated rings. The average molecular weight is 259 g/mol. The molecular formula is C10H11ClN2O2S. The monoisotopic (exact) mass is 258 g/mol. The minimum atomic E-state index is -3.65. The number of nitriles is 1. The number of halogens is 1. The summed E-state index contributed by atoms with van der Waals surface area (Å²) in [6.07, 6.45) is 0.115. The molecular weight excluding hydrogens is 248 g/mol. The fourth-order valence-electron chi connectivity index (χ4n) is 1.17. The van der Waals surface area contributed by atoms with Crippen LogP contribution >= 0.6 is 11.6 Å². The van der Waals surface area contributed by atoms with E-state index in [0.717, 1.165) is 0 Å². The van der Waals surface area contributed by atoms with E-state index in [1.807, 2.05) is 6.07 Å². The van der Waals surface area contributed by atoms with Gasteiger partial charge < -0.3 is 0 Å². The van der Waals surface area contributed by atoms with Gasteiger partial charge in [0, 0.05) is 6.04 Å². The largest absolute Gasteiger partial charge is 0.242 e. The van der Waals surface area contributed by atoms with E-state index in [4.69, 9.17) is 16.9 Å². The number of rotatable bonds is 4. The molecule has 0 saturated heterocycles. The van der Waals surface area contributed by atoms with Gasteiger partial charge in [0.25, 0.3) is 0 Å². The maximum Gasteiger partial charge on any atom is 0.242 e. The first kappa shape index (κ1) is 13.0. The van der Waals surface area contributed by atoms with E-state index in [9.17, 15) is 8.42 Å². The van der Waals surface area contributed by atoms with Gasteiger partial charge in [0.05, 0.1) is 17.5 Å². The van der Waals surface area contributed by atoms with Gasteiger partial charge in [-0.25, -0.2) is 13.1 Å². The lowest BCUT2D eigenvalue weighted by molar-refractivity contribution is 0.563. The van der Waals surface area contributed by atoms with Crippen molar-refractivity contribution in [3.05, 3.63) is 29.3 Å². The van der Waals surface area contributed by atoms with Crippen LogP contribution in [0.4, 0.5) is 0 Å². The first-order chi connectivity index (χ1) is 7.47. The second-order valence-electron chi connectivity index (χ2n) is 3.31. The Kier molecular flexibility index (Phi) is 4.30. The van der Waals surface area contributed by atoms with Crippen LogP contribution in [0, 0.1) is 11.3 Å². The SMILES string of the molecule is CC(CC#N)NS(=O)(=O)c1ccccc1Cl. The minimum Gasteiger partial charge on any atom is -0.207 e. The highest BCUT2D eigenvalue weighted by Crippen LogP contribution is 2.20. The van der Waals surface area contributed by atoms with Gasteiger partial charge >= 0.3 is 0 Å². The summed E-state index contributed by atoms with van der Waals surface area (Å²) in [6, 6.07) is 7.63. The van der Waals surface area contributed by atoms with Crippen LogP contribution in [-0.2, 0) is 10.0 Å². The normalized spacial score (nSPS) is 13.1. The smallest absolute Gasteiger partial charge is 0.207 e.